The largest absolute Gasteiger partial charge is 0.0654 e. The highest BCUT2D eigenvalue weighted by atomic mass is 79.9. The van der Waals surface area contributed by atoms with E-state index >= 15 is 0 Å². The van der Waals surface area contributed by atoms with Gasteiger partial charge in [0.15, 0.2) is 0 Å². The molecule has 0 radical (unpaired) electrons. The second-order valence-corrected chi connectivity index (χ2v) is 7.73. The van der Waals surface area contributed by atoms with Crippen LogP contribution in [0.5, 0.6) is 0 Å². The molecule has 1 saturated carbocycles. The Morgan fingerprint density at radius 2 is 1.75 bits per heavy atom. The first-order chi connectivity index (χ1) is 9.74. The lowest BCUT2D eigenvalue weighted by Crippen LogP contribution is -2.07. The summed E-state index contributed by atoms with van der Waals surface area (Å²) in [6.45, 7) is 2.27. The molecule has 2 rings (SSSR count). The maximum Gasteiger partial charge on any atom is 0.0253 e. The molecule has 0 aromatic heterocycles. The van der Waals surface area contributed by atoms with Gasteiger partial charge in [0.05, 0.1) is 0 Å². The molecule has 112 valence electrons. The van der Waals surface area contributed by atoms with Gasteiger partial charge in [-0.15, -0.1) is 0 Å². The van der Waals surface area contributed by atoms with Gasteiger partial charge >= 0.3 is 0 Å². The van der Waals surface area contributed by atoms with Crippen molar-refractivity contribution in [2.24, 2.45) is 0 Å². The van der Waals surface area contributed by atoms with Crippen LogP contribution < -0.4 is 0 Å². The molecule has 0 unspecified atom stereocenters. The van der Waals surface area contributed by atoms with Gasteiger partial charge in [0.2, 0.25) is 0 Å². The molecule has 0 N–H and O–H groups in total. The van der Waals surface area contributed by atoms with E-state index < -0.39 is 0 Å². The topological polar surface area (TPSA) is 0 Å². The SMILES string of the molecule is CCCCCCc1ccc(Br)c(C2CCCCC2)c1Br. The van der Waals surface area contributed by atoms with Crippen LogP contribution in [-0.2, 0) is 6.42 Å². The lowest BCUT2D eigenvalue weighted by Gasteiger charge is -2.25. The van der Waals surface area contributed by atoms with Crippen LogP contribution in [0.15, 0.2) is 21.1 Å². The van der Waals surface area contributed by atoms with Gasteiger partial charge in [-0.25, -0.2) is 0 Å². The van der Waals surface area contributed by atoms with E-state index in [4.69, 9.17) is 0 Å². The summed E-state index contributed by atoms with van der Waals surface area (Å²) in [6, 6.07) is 4.57. The molecule has 0 saturated heterocycles. The first-order valence-electron chi connectivity index (χ1n) is 8.20. The zero-order valence-electron chi connectivity index (χ0n) is 12.6. The molecule has 1 fully saturated rings. The van der Waals surface area contributed by atoms with Gasteiger partial charge in [-0.2, -0.15) is 0 Å². The van der Waals surface area contributed by atoms with Crippen LogP contribution in [0, 0.1) is 0 Å². The van der Waals surface area contributed by atoms with E-state index in [1.54, 1.807) is 0 Å². The summed E-state index contributed by atoms with van der Waals surface area (Å²) in [6.07, 6.45) is 13.5. The highest BCUT2D eigenvalue weighted by Crippen LogP contribution is 2.41. The number of aryl methyl sites for hydroxylation is 1. The van der Waals surface area contributed by atoms with Gasteiger partial charge in [-0.3, -0.25) is 0 Å². The van der Waals surface area contributed by atoms with E-state index in [-0.39, 0.29) is 0 Å². The van der Waals surface area contributed by atoms with Crippen molar-refractivity contribution in [2.75, 3.05) is 0 Å². The Kier molecular flexibility index (Phi) is 7.10. The Bertz CT molecular complexity index is 420. The molecule has 1 aromatic rings. The minimum absolute atomic E-state index is 0.753. The van der Waals surface area contributed by atoms with Gasteiger partial charge in [0.1, 0.15) is 0 Å². The summed E-state index contributed by atoms with van der Waals surface area (Å²) in [7, 11) is 0. The van der Waals surface area contributed by atoms with E-state index in [9.17, 15) is 0 Å². The predicted octanol–water partition coefficient (Wildman–Crippen LogP) is 7.38. The van der Waals surface area contributed by atoms with Crippen molar-refractivity contribution in [1.82, 2.24) is 0 Å². The molecule has 0 nitrogen and oxygen atoms in total. The first kappa shape index (κ1) is 16.5. The number of hydrogen-bond acceptors (Lipinski definition) is 0. The van der Waals surface area contributed by atoms with Crippen molar-refractivity contribution < 1.29 is 0 Å². The minimum Gasteiger partial charge on any atom is -0.0654 e. The molecule has 0 aliphatic heterocycles. The normalized spacial score (nSPS) is 16.6. The van der Waals surface area contributed by atoms with E-state index in [1.807, 2.05) is 0 Å². The molecule has 2 heteroatoms. The molecule has 20 heavy (non-hydrogen) atoms. The average Bonchev–Trinajstić information content (AvgIpc) is 2.47. The van der Waals surface area contributed by atoms with E-state index in [0.717, 1.165) is 5.92 Å². The molecule has 0 bridgehead atoms. The van der Waals surface area contributed by atoms with Crippen molar-refractivity contribution in [3.05, 3.63) is 32.2 Å². The van der Waals surface area contributed by atoms with Crippen LogP contribution in [0.1, 0.15) is 81.8 Å². The lowest BCUT2D eigenvalue weighted by atomic mass is 9.83. The Morgan fingerprint density at radius 1 is 1.00 bits per heavy atom. The second kappa shape index (κ2) is 8.58. The maximum absolute atomic E-state index is 3.91. The molecule has 1 aliphatic carbocycles. The number of benzene rings is 1. The standard InChI is InChI=1S/C18H26Br2/c1-2-3-4-6-11-15-12-13-16(19)17(18(15)20)14-9-7-5-8-10-14/h12-14H,2-11H2,1H3. The maximum atomic E-state index is 3.91. The van der Waals surface area contributed by atoms with Gasteiger partial charge in [0, 0.05) is 8.95 Å². The Hall–Kier alpha value is 0.180. The highest BCUT2D eigenvalue weighted by molar-refractivity contribution is 9.11. The summed E-state index contributed by atoms with van der Waals surface area (Å²) in [5, 5.41) is 0. The third-order valence-corrected chi connectivity index (χ3v) is 6.15. The van der Waals surface area contributed by atoms with Crippen LogP contribution in [-0.4, -0.2) is 0 Å². The fourth-order valence-corrected chi connectivity index (χ4v) is 5.10. The molecular formula is C18H26Br2. The molecule has 1 aromatic carbocycles. The van der Waals surface area contributed by atoms with E-state index in [1.165, 1.54) is 84.3 Å². The Balaban J connectivity index is 2.10. The molecule has 0 amide bonds. The van der Waals surface area contributed by atoms with Crippen molar-refractivity contribution in [1.29, 1.82) is 0 Å². The van der Waals surface area contributed by atoms with Crippen LogP contribution >= 0.6 is 31.9 Å². The Morgan fingerprint density at radius 3 is 2.45 bits per heavy atom. The summed E-state index contributed by atoms with van der Waals surface area (Å²) >= 11 is 7.69. The number of halogens is 2. The van der Waals surface area contributed by atoms with Gasteiger partial charge in [-0.05, 0) is 48.8 Å². The highest BCUT2D eigenvalue weighted by Gasteiger charge is 2.21. The fourth-order valence-electron chi connectivity index (χ4n) is 3.32. The smallest absolute Gasteiger partial charge is 0.0253 e. The third-order valence-electron chi connectivity index (χ3n) is 4.52. The van der Waals surface area contributed by atoms with Crippen LogP contribution in [0.3, 0.4) is 0 Å². The van der Waals surface area contributed by atoms with Crippen LogP contribution in [0.25, 0.3) is 0 Å². The number of hydrogen-bond donors (Lipinski definition) is 0. The quantitative estimate of drug-likeness (QED) is 0.436. The number of unbranched alkanes of at least 4 members (excludes halogenated alkanes) is 3. The van der Waals surface area contributed by atoms with Crippen molar-refractivity contribution in [3.8, 4) is 0 Å². The average molecular weight is 402 g/mol. The molecular weight excluding hydrogens is 376 g/mol. The van der Waals surface area contributed by atoms with Crippen LogP contribution in [0.2, 0.25) is 0 Å². The number of rotatable bonds is 6. The van der Waals surface area contributed by atoms with E-state index in [2.05, 4.69) is 50.9 Å². The molecule has 1 aliphatic rings. The minimum atomic E-state index is 0.753. The van der Waals surface area contributed by atoms with Crippen LogP contribution in [0.4, 0.5) is 0 Å². The zero-order valence-corrected chi connectivity index (χ0v) is 15.7. The molecule has 0 spiro atoms. The van der Waals surface area contributed by atoms with Crippen molar-refractivity contribution in [3.63, 3.8) is 0 Å². The van der Waals surface area contributed by atoms with Crippen molar-refractivity contribution >= 4 is 31.9 Å². The first-order valence-corrected chi connectivity index (χ1v) is 9.79. The van der Waals surface area contributed by atoms with E-state index in [0.29, 0.717) is 0 Å². The lowest BCUT2D eigenvalue weighted by molar-refractivity contribution is 0.441. The van der Waals surface area contributed by atoms with Gasteiger partial charge in [0.25, 0.3) is 0 Å². The second-order valence-electron chi connectivity index (χ2n) is 6.08. The molecule has 0 atom stereocenters. The zero-order chi connectivity index (χ0) is 14.4. The third kappa shape index (κ3) is 4.34. The summed E-state index contributed by atoms with van der Waals surface area (Å²) in [5.74, 6) is 0.753. The van der Waals surface area contributed by atoms with Crippen molar-refractivity contribution in [2.45, 2.75) is 77.0 Å². The van der Waals surface area contributed by atoms with Gasteiger partial charge in [-0.1, -0.05) is 83.4 Å². The Labute approximate surface area is 141 Å². The monoisotopic (exact) mass is 400 g/mol. The predicted molar refractivity (Wildman–Crippen MR) is 95.5 cm³/mol. The molecule has 0 heterocycles. The summed E-state index contributed by atoms with van der Waals surface area (Å²) in [4.78, 5) is 0. The van der Waals surface area contributed by atoms with Gasteiger partial charge < -0.3 is 0 Å². The fraction of sp³-hybridized carbons (Fsp3) is 0.667. The summed E-state index contributed by atoms with van der Waals surface area (Å²) < 4.78 is 2.68. The summed E-state index contributed by atoms with van der Waals surface area (Å²) in [5.41, 5.74) is 3.04.